The highest BCUT2D eigenvalue weighted by Gasteiger charge is 2.11. The van der Waals surface area contributed by atoms with E-state index in [9.17, 15) is 0 Å². The molecule has 86 valence electrons. The van der Waals surface area contributed by atoms with Crippen molar-refractivity contribution in [1.82, 2.24) is 35.0 Å². The Labute approximate surface area is 96.0 Å². The molecule has 3 heterocycles. The van der Waals surface area contributed by atoms with Gasteiger partial charge in [-0.3, -0.25) is 0 Å². The molecule has 0 aromatic carbocycles. The van der Waals surface area contributed by atoms with Gasteiger partial charge < -0.3 is 5.73 Å². The van der Waals surface area contributed by atoms with Crippen molar-refractivity contribution in [3.63, 3.8) is 0 Å². The van der Waals surface area contributed by atoms with Gasteiger partial charge in [0.05, 0.1) is 17.1 Å². The Morgan fingerprint density at radius 2 is 2.00 bits per heavy atom. The van der Waals surface area contributed by atoms with Crippen molar-refractivity contribution in [3.8, 4) is 5.82 Å². The standard InChI is InChI=1S/C9H10N8/c1-5-9(10)6(2)16(12-5)8-4-3-7-11-14-15-17(7)13-8/h3-4H,10H2,1-2H3. The Hall–Kier alpha value is -2.51. The van der Waals surface area contributed by atoms with Crippen molar-refractivity contribution in [1.29, 1.82) is 0 Å². The van der Waals surface area contributed by atoms with Gasteiger partial charge in [-0.25, -0.2) is 4.68 Å². The number of hydrogen-bond donors (Lipinski definition) is 1. The average Bonchev–Trinajstić information content (AvgIpc) is 2.89. The summed E-state index contributed by atoms with van der Waals surface area (Å²) in [6.07, 6.45) is 0. The molecule has 0 saturated carbocycles. The summed E-state index contributed by atoms with van der Waals surface area (Å²) in [6, 6.07) is 3.57. The molecule has 0 atom stereocenters. The van der Waals surface area contributed by atoms with Gasteiger partial charge >= 0.3 is 0 Å². The molecule has 17 heavy (non-hydrogen) atoms. The monoisotopic (exact) mass is 230 g/mol. The van der Waals surface area contributed by atoms with Gasteiger partial charge in [0.1, 0.15) is 0 Å². The molecule has 3 aromatic rings. The third kappa shape index (κ3) is 1.34. The largest absolute Gasteiger partial charge is 0.396 e. The highest BCUT2D eigenvalue weighted by Crippen LogP contribution is 2.17. The van der Waals surface area contributed by atoms with Gasteiger partial charge in [-0.2, -0.15) is 5.10 Å². The molecule has 0 spiro atoms. The van der Waals surface area contributed by atoms with Crippen LogP contribution in [0, 0.1) is 13.8 Å². The molecule has 0 unspecified atom stereocenters. The number of nitrogens with two attached hydrogens (primary N) is 1. The average molecular weight is 230 g/mol. The fourth-order valence-electron chi connectivity index (χ4n) is 1.63. The maximum atomic E-state index is 5.87. The lowest BCUT2D eigenvalue weighted by molar-refractivity contribution is 0.694. The van der Waals surface area contributed by atoms with Crippen LogP contribution in [-0.4, -0.2) is 35.0 Å². The first-order valence-corrected chi connectivity index (χ1v) is 5.04. The number of aromatic nitrogens is 7. The minimum Gasteiger partial charge on any atom is -0.396 e. The van der Waals surface area contributed by atoms with Crippen LogP contribution in [0.5, 0.6) is 0 Å². The number of fused-ring (bicyclic) bond motifs is 1. The summed E-state index contributed by atoms with van der Waals surface area (Å²) < 4.78 is 3.02. The summed E-state index contributed by atoms with van der Waals surface area (Å²) in [5.41, 5.74) is 8.76. The molecule has 3 rings (SSSR count). The molecule has 8 heteroatoms. The number of nitrogen functional groups attached to an aromatic ring is 1. The fourth-order valence-corrected chi connectivity index (χ4v) is 1.63. The molecule has 0 saturated heterocycles. The van der Waals surface area contributed by atoms with Crippen LogP contribution in [0.15, 0.2) is 12.1 Å². The summed E-state index contributed by atoms with van der Waals surface area (Å²) in [6.45, 7) is 3.75. The van der Waals surface area contributed by atoms with E-state index in [1.165, 1.54) is 4.63 Å². The van der Waals surface area contributed by atoms with Gasteiger partial charge in [0, 0.05) is 0 Å². The second kappa shape index (κ2) is 3.24. The van der Waals surface area contributed by atoms with Gasteiger partial charge in [0.2, 0.25) is 0 Å². The first-order valence-electron chi connectivity index (χ1n) is 5.04. The molecule has 3 aromatic heterocycles. The van der Waals surface area contributed by atoms with Gasteiger partial charge in [0.25, 0.3) is 0 Å². The molecule has 0 radical (unpaired) electrons. The SMILES string of the molecule is Cc1nn(-c2ccc3nnnn3n2)c(C)c1N. The maximum Gasteiger partial charge on any atom is 0.200 e. The first-order chi connectivity index (χ1) is 8.16. The van der Waals surface area contributed by atoms with Crippen molar-refractivity contribution in [2.75, 3.05) is 5.73 Å². The van der Waals surface area contributed by atoms with E-state index in [4.69, 9.17) is 5.73 Å². The van der Waals surface area contributed by atoms with Crippen LogP contribution < -0.4 is 5.73 Å². The van der Waals surface area contributed by atoms with Crippen LogP contribution in [0.1, 0.15) is 11.4 Å². The summed E-state index contributed by atoms with van der Waals surface area (Å²) in [5.74, 6) is 0.627. The zero-order valence-electron chi connectivity index (χ0n) is 9.36. The Kier molecular flexibility index (Phi) is 1.85. The van der Waals surface area contributed by atoms with Gasteiger partial charge in [-0.15, -0.1) is 14.8 Å². The van der Waals surface area contributed by atoms with Gasteiger partial charge in [-0.05, 0) is 36.4 Å². The topological polar surface area (TPSA) is 99.8 Å². The lowest BCUT2D eigenvalue weighted by Gasteiger charge is -2.02. The molecule has 0 fully saturated rings. The van der Waals surface area contributed by atoms with E-state index in [-0.39, 0.29) is 0 Å². The predicted octanol–water partition coefficient (Wildman–Crippen LogP) is -0.0960. The van der Waals surface area contributed by atoms with E-state index in [2.05, 4.69) is 25.7 Å². The third-order valence-electron chi connectivity index (χ3n) is 2.62. The quantitative estimate of drug-likeness (QED) is 0.626. The van der Waals surface area contributed by atoms with Crippen LogP contribution in [0.25, 0.3) is 11.5 Å². The number of rotatable bonds is 1. The summed E-state index contributed by atoms with van der Waals surface area (Å²) in [7, 11) is 0. The summed E-state index contributed by atoms with van der Waals surface area (Å²) in [5, 5.41) is 19.6. The number of nitrogens with zero attached hydrogens (tertiary/aromatic N) is 7. The Morgan fingerprint density at radius 3 is 2.71 bits per heavy atom. The molecule has 0 aliphatic heterocycles. The van der Waals surface area contributed by atoms with Crippen LogP contribution in [0.2, 0.25) is 0 Å². The second-order valence-electron chi connectivity index (χ2n) is 3.71. The Balaban J connectivity index is 2.22. The van der Waals surface area contributed by atoms with Gasteiger partial charge in [-0.1, -0.05) is 0 Å². The lowest BCUT2D eigenvalue weighted by Crippen LogP contribution is -2.06. The molecule has 0 aliphatic rings. The second-order valence-corrected chi connectivity index (χ2v) is 3.71. The van der Waals surface area contributed by atoms with E-state index in [0.717, 1.165) is 11.4 Å². The molecular formula is C9H10N8. The normalized spacial score (nSPS) is 11.2. The highest BCUT2D eigenvalue weighted by atomic mass is 15.6. The predicted molar refractivity (Wildman–Crippen MR) is 59.6 cm³/mol. The number of tetrazole rings is 1. The van der Waals surface area contributed by atoms with Crippen LogP contribution in [-0.2, 0) is 0 Å². The van der Waals surface area contributed by atoms with Crippen LogP contribution in [0.3, 0.4) is 0 Å². The Bertz CT molecular complexity index is 694. The number of anilines is 1. The molecule has 0 aliphatic carbocycles. The molecule has 0 amide bonds. The molecule has 8 nitrogen and oxygen atoms in total. The molecule has 0 bridgehead atoms. The van der Waals surface area contributed by atoms with E-state index in [1.807, 2.05) is 13.8 Å². The fraction of sp³-hybridized carbons (Fsp3) is 0.222. The van der Waals surface area contributed by atoms with E-state index >= 15 is 0 Å². The van der Waals surface area contributed by atoms with Crippen LogP contribution in [0.4, 0.5) is 5.69 Å². The van der Waals surface area contributed by atoms with Crippen molar-refractivity contribution in [2.24, 2.45) is 0 Å². The zero-order chi connectivity index (χ0) is 12.0. The van der Waals surface area contributed by atoms with E-state index < -0.39 is 0 Å². The third-order valence-corrected chi connectivity index (χ3v) is 2.62. The maximum absolute atomic E-state index is 5.87. The van der Waals surface area contributed by atoms with Gasteiger partial charge in [0.15, 0.2) is 11.5 Å². The zero-order valence-corrected chi connectivity index (χ0v) is 9.36. The highest BCUT2D eigenvalue weighted by molar-refractivity contribution is 5.49. The molecule has 2 N–H and O–H groups in total. The minimum absolute atomic E-state index is 0.586. The van der Waals surface area contributed by atoms with E-state index in [1.54, 1.807) is 16.8 Å². The first kappa shape index (κ1) is 9.70. The minimum atomic E-state index is 0.586. The lowest BCUT2D eigenvalue weighted by atomic mass is 10.3. The van der Waals surface area contributed by atoms with Crippen LogP contribution >= 0.6 is 0 Å². The molecular weight excluding hydrogens is 220 g/mol. The summed E-state index contributed by atoms with van der Waals surface area (Å²) in [4.78, 5) is 0. The van der Waals surface area contributed by atoms with E-state index in [0.29, 0.717) is 17.2 Å². The smallest absolute Gasteiger partial charge is 0.200 e. The summed E-state index contributed by atoms with van der Waals surface area (Å²) >= 11 is 0. The van der Waals surface area contributed by atoms with Crippen molar-refractivity contribution in [2.45, 2.75) is 13.8 Å². The van der Waals surface area contributed by atoms with Crippen molar-refractivity contribution >= 4 is 11.3 Å². The number of hydrogen-bond acceptors (Lipinski definition) is 6. The van der Waals surface area contributed by atoms with Crippen molar-refractivity contribution in [3.05, 3.63) is 23.5 Å². The number of aryl methyl sites for hydroxylation is 1. The van der Waals surface area contributed by atoms with Crippen molar-refractivity contribution < 1.29 is 0 Å². The Morgan fingerprint density at radius 1 is 1.18 bits per heavy atom.